The van der Waals surface area contributed by atoms with E-state index in [1.165, 1.54) is 0 Å². The van der Waals surface area contributed by atoms with Gasteiger partial charge in [0.05, 0.1) is 0 Å². The number of aromatic nitrogens is 1. The van der Waals surface area contributed by atoms with E-state index in [4.69, 9.17) is 4.52 Å². The third-order valence-electron chi connectivity index (χ3n) is 3.59. The highest BCUT2D eigenvalue weighted by Crippen LogP contribution is 2.38. The van der Waals surface area contributed by atoms with Crippen molar-refractivity contribution >= 4 is 11.6 Å². The molecule has 0 fully saturated rings. The minimum Gasteiger partial charge on any atom is -0.355 e. The molecule has 1 aromatic heterocycles. The highest BCUT2D eigenvalue weighted by molar-refractivity contribution is 6.53. The van der Waals surface area contributed by atoms with E-state index in [-0.39, 0.29) is 5.56 Å². The average Bonchev–Trinajstić information content (AvgIpc) is 2.99. The molecule has 0 N–H and O–H groups in total. The lowest BCUT2D eigenvalue weighted by Crippen LogP contribution is -2.20. The lowest BCUT2D eigenvalue weighted by atomic mass is 9.86. The van der Waals surface area contributed by atoms with E-state index in [9.17, 15) is 9.59 Å². The van der Waals surface area contributed by atoms with Gasteiger partial charge in [-0.3, -0.25) is 9.59 Å². The molecule has 21 heavy (non-hydrogen) atoms. The van der Waals surface area contributed by atoms with Gasteiger partial charge in [0.2, 0.25) is 11.6 Å². The Kier molecular flexibility index (Phi) is 2.38. The van der Waals surface area contributed by atoms with E-state index in [1.807, 2.05) is 30.3 Å². The molecule has 0 saturated heterocycles. The molecule has 0 unspecified atom stereocenters. The van der Waals surface area contributed by atoms with Crippen LogP contribution < -0.4 is 0 Å². The number of carbonyl (C=O) groups is 2. The van der Waals surface area contributed by atoms with Crippen LogP contribution in [0.2, 0.25) is 0 Å². The lowest BCUT2D eigenvalue weighted by Gasteiger charge is -2.12. The van der Waals surface area contributed by atoms with Crippen molar-refractivity contribution in [2.24, 2.45) is 0 Å². The van der Waals surface area contributed by atoms with Gasteiger partial charge in [0.1, 0.15) is 11.3 Å². The fourth-order valence-electron chi connectivity index (χ4n) is 2.59. The molecule has 0 spiro atoms. The molecule has 3 aromatic rings. The molecule has 0 radical (unpaired) electrons. The zero-order valence-electron chi connectivity index (χ0n) is 10.9. The van der Waals surface area contributed by atoms with Crippen LogP contribution in [-0.2, 0) is 0 Å². The summed E-state index contributed by atoms with van der Waals surface area (Å²) in [6, 6.07) is 16.1. The van der Waals surface area contributed by atoms with Crippen LogP contribution in [0.15, 0.2) is 59.1 Å². The van der Waals surface area contributed by atoms with Gasteiger partial charge in [-0.15, -0.1) is 0 Å². The van der Waals surface area contributed by atoms with Gasteiger partial charge >= 0.3 is 0 Å². The zero-order chi connectivity index (χ0) is 14.4. The summed E-state index contributed by atoms with van der Waals surface area (Å²) in [7, 11) is 0. The fourth-order valence-corrected chi connectivity index (χ4v) is 2.59. The van der Waals surface area contributed by atoms with Crippen molar-refractivity contribution in [2.75, 3.05) is 0 Å². The van der Waals surface area contributed by atoms with E-state index in [1.54, 1.807) is 24.3 Å². The molecule has 1 aliphatic rings. The molecular weight excluding hydrogens is 266 g/mol. The first kappa shape index (κ1) is 11.8. The molecule has 1 aliphatic carbocycles. The predicted molar refractivity (Wildman–Crippen MR) is 76.0 cm³/mol. The summed E-state index contributed by atoms with van der Waals surface area (Å²) in [6.07, 6.45) is 0. The Bertz CT molecular complexity index is 865. The van der Waals surface area contributed by atoms with Gasteiger partial charge in [-0.25, -0.2) is 0 Å². The summed E-state index contributed by atoms with van der Waals surface area (Å²) < 4.78 is 5.36. The van der Waals surface area contributed by atoms with Crippen molar-refractivity contribution in [1.82, 2.24) is 5.16 Å². The maximum absolute atomic E-state index is 12.4. The van der Waals surface area contributed by atoms with Crippen LogP contribution >= 0.6 is 0 Å². The van der Waals surface area contributed by atoms with E-state index in [0.29, 0.717) is 22.6 Å². The third-order valence-corrected chi connectivity index (χ3v) is 3.59. The smallest absolute Gasteiger partial charge is 0.239 e. The summed E-state index contributed by atoms with van der Waals surface area (Å²) in [5.74, 6) is -0.712. The van der Waals surface area contributed by atoms with Crippen LogP contribution in [0.1, 0.15) is 20.7 Å². The van der Waals surface area contributed by atoms with Crippen LogP contribution in [-0.4, -0.2) is 16.7 Å². The number of hydrogen-bond donors (Lipinski definition) is 0. The predicted octanol–water partition coefficient (Wildman–Crippen LogP) is 3.39. The largest absolute Gasteiger partial charge is 0.355 e. The molecule has 100 valence electrons. The summed E-state index contributed by atoms with van der Waals surface area (Å²) in [5.41, 5.74) is 2.41. The Hall–Kier alpha value is -3.01. The SMILES string of the molecule is O=C1C(=O)c2c(-c3ccccc3)noc2-c2ccccc21. The van der Waals surface area contributed by atoms with E-state index in [2.05, 4.69) is 5.16 Å². The molecular formula is C17H9NO3. The standard InChI is InChI=1S/C17H9NO3/c19-15-11-8-4-5-9-12(11)17-13(16(15)20)14(18-21-17)10-6-2-1-3-7-10/h1-9H. The molecule has 2 aromatic carbocycles. The highest BCUT2D eigenvalue weighted by Gasteiger charge is 2.36. The number of ketones is 2. The van der Waals surface area contributed by atoms with Crippen molar-refractivity contribution in [3.05, 3.63) is 65.7 Å². The number of benzene rings is 2. The summed E-state index contributed by atoms with van der Waals surface area (Å²) >= 11 is 0. The molecule has 1 heterocycles. The number of nitrogens with zero attached hydrogens (tertiary/aromatic N) is 1. The van der Waals surface area contributed by atoms with Crippen molar-refractivity contribution in [2.45, 2.75) is 0 Å². The highest BCUT2D eigenvalue weighted by atomic mass is 16.5. The first-order chi connectivity index (χ1) is 10.3. The van der Waals surface area contributed by atoms with E-state index in [0.717, 1.165) is 5.56 Å². The topological polar surface area (TPSA) is 60.2 Å². The minimum absolute atomic E-state index is 0.255. The van der Waals surface area contributed by atoms with Crippen molar-refractivity contribution in [1.29, 1.82) is 0 Å². The number of fused-ring (bicyclic) bond motifs is 3. The Morgan fingerprint density at radius 1 is 0.762 bits per heavy atom. The molecule has 0 aliphatic heterocycles. The lowest BCUT2D eigenvalue weighted by molar-refractivity contribution is 0.0815. The molecule has 0 amide bonds. The molecule has 4 nitrogen and oxygen atoms in total. The quantitative estimate of drug-likeness (QED) is 0.639. The monoisotopic (exact) mass is 275 g/mol. The van der Waals surface area contributed by atoms with Gasteiger partial charge in [-0.1, -0.05) is 59.8 Å². The first-order valence-electron chi connectivity index (χ1n) is 6.51. The normalized spacial score (nSPS) is 13.0. The van der Waals surface area contributed by atoms with Gasteiger partial charge in [-0.2, -0.15) is 0 Å². The maximum Gasteiger partial charge on any atom is 0.239 e. The van der Waals surface area contributed by atoms with Crippen molar-refractivity contribution in [3.8, 4) is 22.6 Å². The van der Waals surface area contributed by atoms with Crippen LogP contribution in [0.4, 0.5) is 0 Å². The molecule has 0 bridgehead atoms. The number of carbonyl (C=O) groups excluding carboxylic acids is 2. The van der Waals surface area contributed by atoms with Gasteiger partial charge in [0, 0.05) is 16.7 Å². The van der Waals surface area contributed by atoms with Crippen LogP contribution in [0.25, 0.3) is 22.6 Å². The summed E-state index contributed by atoms with van der Waals surface area (Å²) in [5, 5.41) is 4.00. The van der Waals surface area contributed by atoms with Gasteiger partial charge in [-0.05, 0) is 0 Å². The van der Waals surface area contributed by atoms with Gasteiger partial charge in [0.25, 0.3) is 0 Å². The van der Waals surface area contributed by atoms with Crippen LogP contribution in [0.3, 0.4) is 0 Å². The fraction of sp³-hybridized carbons (Fsp3) is 0. The van der Waals surface area contributed by atoms with Crippen LogP contribution in [0.5, 0.6) is 0 Å². The second kappa shape index (κ2) is 4.24. The van der Waals surface area contributed by atoms with Crippen LogP contribution in [0, 0.1) is 0 Å². The molecule has 0 atom stereocenters. The summed E-state index contributed by atoms with van der Waals surface area (Å²) in [4.78, 5) is 24.6. The van der Waals surface area contributed by atoms with Crippen molar-refractivity contribution < 1.29 is 14.1 Å². The molecule has 0 saturated carbocycles. The molecule has 4 heteroatoms. The third kappa shape index (κ3) is 1.59. The van der Waals surface area contributed by atoms with E-state index < -0.39 is 11.6 Å². The van der Waals surface area contributed by atoms with Crippen molar-refractivity contribution in [3.63, 3.8) is 0 Å². The number of rotatable bonds is 1. The number of Topliss-reactive ketones (excluding diaryl/α,β-unsaturated/α-hetero) is 2. The number of hydrogen-bond acceptors (Lipinski definition) is 4. The summed E-state index contributed by atoms with van der Waals surface area (Å²) in [6.45, 7) is 0. The van der Waals surface area contributed by atoms with Gasteiger partial charge in [0.15, 0.2) is 5.76 Å². The molecule has 4 rings (SSSR count). The second-order valence-corrected chi connectivity index (χ2v) is 4.81. The maximum atomic E-state index is 12.4. The Morgan fingerprint density at radius 2 is 1.43 bits per heavy atom. The Balaban J connectivity index is 2.02. The first-order valence-corrected chi connectivity index (χ1v) is 6.51. The van der Waals surface area contributed by atoms with Gasteiger partial charge < -0.3 is 4.52 Å². The minimum atomic E-state index is -0.566. The zero-order valence-corrected chi connectivity index (χ0v) is 10.9. The average molecular weight is 275 g/mol. The Morgan fingerprint density at radius 3 is 2.19 bits per heavy atom. The Labute approximate surface area is 120 Å². The van der Waals surface area contributed by atoms with E-state index >= 15 is 0 Å². The second-order valence-electron chi connectivity index (χ2n) is 4.81.